The van der Waals surface area contributed by atoms with Crippen molar-refractivity contribution in [3.05, 3.63) is 12.2 Å². The first kappa shape index (κ1) is 14.5. The van der Waals surface area contributed by atoms with Crippen molar-refractivity contribution in [1.82, 2.24) is 10.2 Å². The summed E-state index contributed by atoms with van der Waals surface area (Å²) in [4.78, 5) is 1.21. The van der Waals surface area contributed by atoms with Crippen LogP contribution in [-0.2, 0) is 0 Å². The molecule has 5 heteroatoms. The molecule has 2 nitrogen and oxygen atoms in total. The topological polar surface area (TPSA) is 15.3 Å². The Kier molecular flexibility index (Phi) is 5.90. The Bertz CT molecular complexity index is 199. The van der Waals surface area contributed by atoms with Gasteiger partial charge in [-0.3, -0.25) is 4.90 Å². The molecule has 0 aromatic rings. The molecule has 0 fully saturated rings. The standard InChI is InChI=1S/C10H19F3N2/c1-8(2)14-5-9(3)6-15(4)7-10(11,12)13/h8,14H,3,5-7H2,1-2,4H3. The van der Waals surface area contributed by atoms with E-state index in [9.17, 15) is 13.2 Å². The molecule has 0 radical (unpaired) electrons. The van der Waals surface area contributed by atoms with Gasteiger partial charge in [0.2, 0.25) is 0 Å². The third kappa shape index (κ3) is 9.75. The summed E-state index contributed by atoms with van der Waals surface area (Å²) in [7, 11) is 1.44. The first-order chi connectivity index (χ1) is 6.70. The molecule has 0 spiro atoms. The fourth-order valence-corrected chi connectivity index (χ4v) is 1.15. The quantitative estimate of drug-likeness (QED) is 0.694. The second kappa shape index (κ2) is 6.12. The van der Waals surface area contributed by atoms with E-state index >= 15 is 0 Å². The summed E-state index contributed by atoms with van der Waals surface area (Å²) in [6, 6.07) is 0.315. The predicted octanol–water partition coefficient (Wildman–Crippen LogP) is 2.03. The molecule has 90 valence electrons. The Morgan fingerprint density at radius 1 is 1.40 bits per heavy atom. The summed E-state index contributed by atoms with van der Waals surface area (Å²) >= 11 is 0. The van der Waals surface area contributed by atoms with Gasteiger partial charge in [0.15, 0.2) is 0 Å². The molecule has 0 unspecified atom stereocenters. The molecular weight excluding hydrogens is 205 g/mol. The van der Waals surface area contributed by atoms with Gasteiger partial charge in [-0.05, 0) is 12.6 Å². The van der Waals surface area contributed by atoms with Crippen molar-refractivity contribution in [2.75, 3.05) is 26.7 Å². The van der Waals surface area contributed by atoms with Crippen LogP contribution in [0.25, 0.3) is 0 Å². The van der Waals surface area contributed by atoms with Gasteiger partial charge in [0, 0.05) is 19.1 Å². The number of hydrogen-bond acceptors (Lipinski definition) is 2. The smallest absolute Gasteiger partial charge is 0.311 e. The number of nitrogens with zero attached hydrogens (tertiary/aromatic N) is 1. The van der Waals surface area contributed by atoms with Crippen molar-refractivity contribution in [2.45, 2.75) is 26.1 Å². The predicted molar refractivity (Wildman–Crippen MR) is 55.8 cm³/mol. The largest absolute Gasteiger partial charge is 0.401 e. The molecule has 0 aliphatic heterocycles. The molecule has 0 bridgehead atoms. The number of halogens is 3. The first-order valence-electron chi connectivity index (χ1n) is 4.86. The Balaban J connectivity index is 3.77. The van der Waals surface area contributed by atoms with E-state index in [4.69, 9.17) is 0 Å². The van der Waals surface area contributed by atoms with Gasteiger partial charge in [-0.15, -0.1) is 0 Å². The molecule has 0 aliphatic carbocycles. The second-order valence-electron chi connectivity index (χ2n) is 4.07. The van der Waals surface area contributed by atoms with Crippen molar-refractivity contribution in [1.29, 1.82) is 0 Å². The molecule has 0 aliphatic rings. The van der Waals surface area contributed by atoms with Crippen LogP contribution in [-0.4, -0.2) is 43.8 Å². The number of rotatable bonds is 6. The highest BCUT2D eigenvalue weighted by atomic mass is 19.4. The fraction of sp³-hybridized carbons (Fsp3) is 0.800. The van der Waals surface area contributed by atoms with Crippen LogP contribution < -0.4 is 5.32 Å². The summed E-state index contributed by atoms with van der Waals surface area (Å²) in [5.41, 5.74) is 0.760. The minimum atomic E-state index is -4.14. The van der Waals surface area contributed by atoms with E-state index in [1.807, 2.05) is 13.8 Å². The van der Waals surface area contributed by atoms with Crippen molar-refractivity contribution in [3.8, 4) is 0 Å². The summed E-state index contributed by atoms with van der Waals surface area (Å²) in [6.07, 6.45) is -4.14. The van der Waals surface area contributed by atoms with Crippen molar-refractivity contribution in [3.63, 3.8) is 0 Å². The lowest BCUT2D eigenvalue weighted by molar-refractivity contribution is -0.142. The zero-order valence-electron chi connectivity index (χ0n) is 9.49. The van der Waals surface area contributed by atoms with Crippen LogP contribution in [0.1, 0.15) is 13.8 Å². The van der Waals surface area contributed by atoms with E-state index in [0.29, 0.717) is 12.6 Å². The Morgan fingerprint density at radius 3 is 2.33 bits per heavy atom. The minimum absolute atomic E-state index is 0.263. The monoisotopic (exact) mass is 224 g/mol. The maximum Gasteiger partial charge on any atom is 0.401 e. The Morgan fingerprint density at radius 2 is 1.93 bits per heavy atom. The molecule has 0 amide bonds. The van der Waals surface area contributed by atoms with E-state index in [1.165, 1.54) is 11.9 Å². The number of alkyl halides is 3. The summed E-state index contributed by atoms with van der Waals surface area (Å²) in [5, 5.41) is 3.11. The van der Waals surface area contributed by atoms with Gasteiger partial charge in [0.25, 0.3) is 0 Å². The molecule has 0 saturated carbocycles. The molecule has 0 atom stereocenters. The van der Waals surface area contributed by atoms with Crippen LogP contribution in [0.3, 0.4) is 0 Å². The third-order valence-corrected chi connectivity index (χ3v) is 1.70. The Labute approximate surface area is 89.1 Å². The van der Waals surface area contributed by atoms with Crippen LogP contribution in [0.5, 0.6) is 0 Å². The molecule has 0 aromatic carbocycles. The first-order valence-corrected chi connectivity index (χ1v) is 4.86. The summed E-state index contributed by atoms with van der Waals surface area (Å²) < 4.78 is 36.0. The van der Waals surface area contributed by atoms with E-state index in [2.05, 4.69) is 11.9 Å². The van der Waals surface area contributed by atoms with Crippen LogP contribution in [0.4, 0.5) is 13.2 Å². The van der Waals surface area contributed by atoms with Gasteiger partial charge in [-0.2, -0.15) is 13.2 Å². The average molecular weight is 224 g/mol. The second-order valence-corrected chi connectivity index (χ2v) is 4.07. The van der Waals surface area contributed by atoms with E-state index in [1.54, 1.807) is 0 Å². The maximum atomic E-state index is 12.0. The van der Waals surface area contributed by atoms with Crippen molar-refractivity contribution < 1.29 is 13.2 Å². The minimum Gasteiger partial charge on any atom is -0.311 e. The zero-order chi connectivity index (χ0) is 12.1. The Hall–Kier alpha value is -0.550. The number of likely N-dealkylation sites (N-methyl/N-ethyl adjacent to an activating group) is 1. The van der Waals surface area contributed by atoms with Gasteiger partial charge < -0.3 is 5.32 Å². The lowest BCUT2D eigenvalue weighted by Crippen LogP contribution is -2.34. The number of hydrogen-bond donors (Lipinski definition) is 1. The van der Waals surface area contributed by atoms with E-state index < -0.39 is 12.7 Å². The summed E-state index contributed by atoms with van der Waals surface area (Å²) in [5.74, 6) is 0. The molecule has 0 aromatic heterocycles. The van der Waals surface area contributed by atoms with Crippen molar-refractivity contribution in [2.24, 2.45) is 0 Å². The van der Waals surface area contributed by atoms with Gasteiger partial charge in [0.05, 0.1) is 6.54 Å². The highest BCUT2D eigenvalue weighted by Crippen LogP contribution is 2.15. The van der Waals surface area contributed by atoms with Gasteiger partial charge in [-0.25, -0.2) is 0 Å². The van der Waals surface area contributed by atoms with E-state index in [-0.39, 0.29) is 6.54 Å². The highest BCUT2D eigenvalue weighted by molar-refractivity contribution is 4.99. The molecule has 0 saturated heterocycles. The molecule has 0 heterocycles. The van der Waals surface area contributed by atoms with Gasteiger partial charge >= 0.3 is 6.18 Å². The van der Waals surface area contributed by atoms with Crippen molar-refractivity contribution >= 4 is 0 Å². The van der Waals surface area contributed by atoms with E-state index in [0.717, 1.165) is 5.57 Å². The molecule has 1 N–H and O–H groups in total. The zero-order valence-corrected chi connectivity index (χ0v) is 9.49. The summed E-state index contributed by atoms with van der Waals surface area (Å²) in [6.45, 7) is 7.61. The molecule has 15 heavy (non-hydrogen) atoms. The van der Waals surface area contributed by atoms with Crippen LogP contribution in [0.15, 0.2) is 12.2 Å². The van der Waals surface area contributed by atoms with Crippen LogP contribution in [0.2, 0.25) is 0 Å². The number of nitrogens with one attached hydrogen (secondary N) is 1. The lowest BCUT2D eigenvalue weighted by Gasteiger charge is -2.20. The maximum absolute atomic E-state index is 12.0. The molecular formula is C10H19F3N2. The fourth-order valence-electron chi connectivity index (χ4n) is 1.15. The van der Waals surface area contributed by atoms with Crippen LogP contribution in [0, 0.1) is 0 Å². The van der Waals surface area contributed by atoms with Gasteiger partial charge in [-0.1, -0.05) is 20.4 Å². The average Bonchev–Trinajstić information content (AvgIpc) is 1.96. The molecule has 0 rings (SSSR count). The highest BCUT2D eigenvalue weighted by Gasteiger charge is 2.29. The normalized spacial score (nSPS) is 12.5. The van der Waals surface area contributed by atoms with Gasteiger partial charge in [0.1, 0.15) is 0 Å². The SMILES string of the molecule is C=C(CNC(C)C)CN(C)CC(F)(F)F. The van der Waals surface area contributed by atoms with Crippen LogP contribution >= 0.6 is 0 Å². The third-order valence-electron chi connectivity index (χ3n) is 1.70. The lowest BCUT2D eigenvalue weighted by atomic mass is 10.2.